The Balaban J connectivity index is 2.39. The Morgan fingerprint density at radius 1 is 1.60 bits per heavy atom. The number of rotatable bonds is 2. The van der Waals surface area contributed by atoms with Crippen LogP contribution in [0.25, 0.3) is 5.57 Å². The van der Waals surface area contributed by atoms with Gasteiger partial charge in [-0.25, -0.2) is 0 Å². The molecule has 82 valence electrons. The first-order chi connectivity index (χ1) is 7.22. The summed E-state index contributed by atoms with van der Waals surface area (Å²) in [7, 11) is 0. The molecular formula is C11H14Cl2N2. The molecule has 1 aromatic rings. The molecule has 1 unspecified atom stereocenters. The van der Waals surface area contributed by atoms with Crippen molar-refractivity contribution in [1.82, 2.24) is 9.78 Å². The zero-order valence-corrected chi connectivity index (χ0v) is 10.2. The van der Waals surface area contributed by atoms with E-state index in [-0.39, 0.29) is 5.38 Å². The van der Waals surface area contributed by atoms with Gasteiger partial charge < -0.3 is 0 Å². The molecule has 2 rings (SSSR count). The molecule has 15 heavy (non-hydrogen) atoms. The molecule has 1 aliphatic carbocycles. The van der Waals surface area contributed by atoms with Gasteiger partial charge in [0.2, 0.25) is 0 Å². The first-order valence-corrected chi connectivity index (χ1v) is 6.10. The maximum atomic E-state index is 6.14. The lowest BCUT2D eigenvalue weighted by Crippen LogP contribution is -2.08. The van der Waals surface area contributed by atoms with Crippen molar-refractivity contribution < 1.29 is 0 Å². The summed E-state index contributed by atoms with van der Waals surface area (Å²) in [5, 5.41) is 5.11. The zero-order valence-electron chi connectivity index (χ0n) is 8.71. The van der Waals surface area contributed by atoms with Gasteiger partial charge in [0.15, 0.2) is 0 Å². The molecule has 1 aromatic heterocycles. The van der Waals surface area contributed by atoms with Crippen LogP contribution < -0.4 is 0 Å². The minimum absolute atomic E-state index is 0.144. The van der Waals surface area contributed by atoms with Crippen LogP contribution in [0.2, 0.25) is 5.02 Å². The highest BCUT2D eigenvalue weighted by Crippen LogP contribution is 2.32. The van der Waals surface area contributed by atoms with Gasteiger partial charge in [-0.3, -0.25) is 4.68 Å². The van der Waals surface area contributed by atoms with Crippen molar-refractivity contribution in [1.29, 1.82) is 0 Å². The number of hydrogen-bond acceptors (Lipinski definition) is 1. The fourth-order valence-electron chi connectivity index (χ4n) is 1.99. The van der Waals surface area contributed by atoms with E-state index in [1.54, 1.807) is 6.20 Å². The van der Waals surface area contributed by atoms with Crippen LogP contribution in [0.4, 0.5) is 0 Å². The van der Waals surface area contributed by atoms with Crippen LogP contribution in [0.1, 0.15) is 31.9 Å². The largest absolute Gasteiger partial charge is 0.264 e. The van der Waals surface area contributed by atoms with Gasteiger partial charge in [-0.05, 0) is 31.8 Å². The van der Waals surface area contributed by atoms with Gasteiger partial charge in [-0.2, -0.15) is 5.10 Å². The Kier molecular flexibility index (Phi) is 3.37. The molecule has 1 heterocycles. The minimum Gasteiger partial charge on any atom is -0.264 e. The molecule has 0 radical (unpaired) electrons. The Hall–Kier alpha value is -0.470. The predicted octanol–water partition coefficient (Wildman–Crippen LogP) is 3.73. The lowest BCUT2D eigenvalue weighted by Gasteiger charge is -2.17. The van der Waals surface area contributed by atoms with E-state index < -0.39 is 0 Å². The van der Waals surface area contributed by atoms with Gasteiger partial charge in [0.25, 0.3) is 0 Å². The van der Waals surface area contributed by atoms with Gasteiger partial charge in [-0.1, -0.05) is 17.7 Å². The van der Waals surface area contributed by atoms with Crippen molar-refractivity contribution in [2.45, 2.75) is 38.1 Å². The molecule has 1 atom stereocenters. The number of allylic oxidation sites excluding steroid dienone is 2. The summed E-state index contributed by atoms with van der Waals surface area (Å²) >= 11 is 12.3. The van der Waals surface area contributed by atoms with Crippen LogP contribution in [0.15, 0.2) is 12.3 Å². The first kappa shape index (κ1) is 11.0. The second-order valence-corrected chi connectivity index (χ2v) is 4.72. The lowest BCUT2D eigenvalue weighted by molar-refractivity contribution is 0.643. The van der Waals surface area contributed by atoms with E-state index in [0.29, 0.717) is 0 Å². The fraction of sp³-hybridized carbons (Fsp3) is 0.545. The number of aryl methyl sites for hydroxylation is 1. The number of aromatic nitrogens is 2. The molecule has 0 amide bonds. The number of nitrogens with zero attached hydrogens (tertiary/aromatic N) is 2. The van der Waals surface area contributed by atoms with Crippen LogP contribution in [-0.2, 0) is 6.54 Å². The summed E-state index contributed by atoms with van der Waals surface area (Å²) in [6, 6.07) is 0. The van der Waals surface area contributed by atoms with Crippen molar-refractivity contribution in [3.8, 4) is 0 Å². The van der Waals surface area contributed by atoms with Gasteiger partial charge in [-0.15, -0.1) is 11.6 Å². The Morgan fingerprint density at radius 3 is 3.07 bits per heavy atom. The van der Waals surface area contributed by atoms with E-state index in [0.717, 1.165) is 36.5 Å². The third-order valence-electron chi connectivity index (χ3n) is 2.71. The summed E-state index contributed by atoms with van der Waals surface area (Å²) in [6.07, 6.45) is 7.06. The summed E-state index contributed by atoms with van der Waals surface area (Å²) in [5.41, 5.74) is 2.29. The first-order valence-electron chi connectivity index (χ1n) is 5.28. The third-order valence-corrected chi connectivity index (χ3v) is 3.33. The van der Waals surface area contributed by atoms with Gasteiger partial charge in [0, 0.05) is 6.54 Å². The van der Waals surface area contributed by atoms with Crippen LogP contribution >= 0.6 is 23.2 Å². The standard InChI is InChI=1S/C11H14Cl2N2/c1-2-15-11(10(13)7-14-15)8-4-3-5-9(12)6-8/h6-7,9H,2-5H2,1H3. The average Bonchev–Trinajstić information content (AvgIpc) is 2.59. The van der Waals surface area contributed by atoms with E-state index >= 15 is 0 Å². The highest BCUT2D eigenvalue weighted by molar-refractivity contribution is 6.32. The normalized spacial score (nSPS) is 21.5. The SMILES string of the molecule is CCn1ncc(Cl)c1C1=CC(Cl)CCC1. The highest BCUT2D eigenvalue weighted by Gasteiger charge is 2.18. The zero-order chi connectivity index (χ0) is 10.8. The van der Waals surface area contributed by atoms with Crippen LogP contribution in [-0.4, -0.2) is 15.2 Å². The molecule has 4 heteroatoms. The summed E-state index contributed by atoms with van der Waals surface area (Å²) < 4.78 is 1.93. The highest BCUT2D eigenvalue weighted by atomic mass is 35.5. The molecule has 0 saturated heterocycles. The number of hydrogen-bond donors (Lipinski definition) is 0. The molecule has 0 spiro atoms. The Morgan fingerprint density at radius 2 is 2.40 bits per heavy atom. The molecule has 0 aromatic carbocycles. The van der Waals surface area contributed by atoms with Crippen molar-refractivity contribution >= 4 is 28.8 Å². The molecule has 0 bridgehead atoms. The third kappa shape index (κ3) is 2.21. The monoisotopic (exact) mass is 244 g/mol. The van der Waals surface area contributed by atoms with E-state index in [1.807, 2.05) is 4.68 Å². The summed E-state index contributed by atoms with van der Waals surface area (Å²) in [4.78, 5) is 0. The van der Waals surface area contributed by atoms with Gasteiger partial charge in [0.1, 0.15) is 0 Å². The molecule has 2 nitrogen and oxygen atoms in total. The smallest absolute Gasteiger partial charge is 0.0862 e. The average molecular weight is 245 g/mol. The molecule has 0 fully saturated rings. The molecule has 0 N–H and O–H groups in total. The molecule has 1 aliphatic rings. The fourth-order valence-corrected chi connectivity index (χ4v) is 2.56. The van der Waals surface area contributed by atoms with Crippen molar-refractivity contribution in [2.24, 2.45) is 0 Å². The second kappa shape index (κ2) is 4.58. The van der Waals surface area contributed by atoms with Crippen molar-refractivity contribution in [3.63, 3.8) is 0 Å². The van der Waals surface area contributed by atoms with E-state index in [1.165, 1.54) is 5.57 Å². The lowest BCUT2D eigenvalue weighted by atomic mass is 9.97. The minimum atomic E-state index is 0.144. The molecule has 0 saturated carbocycles. The number of halogens is 2. The summed E-state index contributed by atoms with van der Waals surface area (Å²) in [6.45, 7) is 2.90. The van der Waals surface area contributed by atoms with E-state index in [2.05, 4.69) is 18.1 Å². The van der Waals surface area contributed by atoms with Crippen LogP contribution in [0, 0.1) is 0 Å². The van der Waals surface area contributed by atoms with Crippen molar-refractivity contribution in [2.75, 3.05) is 0 Å². The Bertz CT molecular complexity index is 382. The van der Waals surface area contributed by atoms with Crippen LogP contribution in [0.5, 0.6) is 0 Å². The Labute approximate surface area is 99.9 Å². The quantitative estimate of drug-likeness (QED) is 0.726. The predicted molar refractivity (Wildman–Crippen MR) is 64.4 cm³/mol. The second-order valence-electron chi connectivity index (χ2n) is 3.76. The molecular weight excluding hydrogens is 231 g/mol. The maximum absolute atomic E-state index is 6.14. The van der Waals surface area contributed by atoms with E-state index in [4.69, 9.17) is 23.2 Å². The maximum Gasteiger partial charge on any atom is 0.0862 e. The van der Waals surface area contributed by atoms with Gasteiger partial charge in [0.05, 0.1) is 22.3 Å². The van der Waals surface area contributed by atoms with E-state index in [9.17, 15) is 0 Å². The topological polar surface area (TPSA) is 17.8 Å². The van der Waals surface area contributed by atoms with Crippen molar-refractivity contribution in [3.05, 3.63) is 23.0 Å². The van der Waals surface area contributed by atoms with Crippen LogP contribution in [0.3, 0.4) is 0 Å². The summed E-state index contributed by atoms with van der Waals surface area (Å²) in [5.74, 6) is 0. The van der Waals surface area contributed by atoms with Gasteiger partial charge >= 0.3 is 0 Å². The number of alkyl halides is 1. The molecule has 0 aliphatic heterocycles.